The summed E-state index contributed by atoms with van der Waals surface area (Å²) < 4.78 is 13.8. The number of rotatable bonds is 1. The summed E-state index contributed by atoms with van der Waals surface area (Å²) >= 11 is 3.28. The van der Waals surface area contributed by atoms with E-state index in [1.165, 1.54) is 19.1 Å². The Morgan fingerprint density at radius 2 is 2.00 bits per heavy atom. The number of fused-ring (bicyclic) bond motifs is 1. The molecule has 0 saturated carbocycles. The van der Waals surface area contributed by atoms with Crippen LogP contribution in [0, 0.1) is 5.82 Å². The molecule has 0 unspecified atom stereocenters. The van der Waals surface area contributed by atoms with Crippen molar-refractivity contribution in [3.8, 4) is 0 Å². The van der Waals surface area contributed by atoms with Gasteiger partial charge in [-0.05, 0) is 35.9 Å². The highest BCUT2D eigenvalue weighted by Gasteiger charge is 2.05. The van der Waals surface area contributed by atoms with Crippen LogP contribution in [0.1, 0.15) is 17.3 Å². The highest BCUT2D eigenvalue weighted by Crippen LogP contribution is 2.26. The molecule has 2 rings (SSSR count). The maximum Gasteiger partial charge on any atom is 0.159 e. The van der Waals surface area contributed by atoms with Crippen molar-refractivity contribution < 1.29 is 9.18 Å². The third kappa shape index (κ3) is 1.92. The molecule has 0 aliphatic carbocycles. The highest BCUT2D eigenvalue weighted by molar-refractivity contribution is 9.10. The third-order valence-corrected chi connectivity index (χ3v) is 2.93. The number of benzene rings is 2. The summed E-state index contributed by atoms with van der Waals surface area (Å²) in [7, 11) is 0. The zero-order valence-electron chi connectivity index (χ0n) is 8.05. The van der Waals surface area contributed by atoms with Gasteiger partial charge in [-0.25, -0.2) is 4.39 Å². The van der Waals surface area contributed by atoms with Crippen molar-refractivity contribution >= 4 is 32.5 Å². The summed E-state index contributed by atoms with van der Waals surface area (Å²) in [6, 6.07) is 8.09. The average molecular weight is 267 g/mol. The molecule has 0 aromatic heterocycles. The van der Waals surface area contributed by atoms with Gasteiger partial charge in [0.15, 0.2) is 5.78 Å². The number of hydrogen-bond acceptors (Lipinski definition) is 1. The topological polar surface area (TPSA) is 17.1 Å². The van der Waals surface area contributed by atoms with E-state index in [2.05, 4.69) is 15.9 Å². The van der Waals surface area contributed by atoms with Gasteiger partial charge in [-0.2, -0.15) is 0 Å². The number of hydrogen-bond donors (Lipinski definition) is 0. The summed E-state index contributed by atoms with van der Waals surface area (Å²) in [5.74, 6) is -0.327. The predicted molar refractivity (Wildman–Crippen MR) is 61.6 cm³/mol. The number of ketones is 1. The molecule has 0 heterocycles. The van der Waals surface area contributed by atoms with Gasteiger partial charge in [0, 0.05) is 10.0 Å². The quantitative estimate of drug-likeness (QED) is 0.715. The Morgan fingerprint density at radius 1 is 1.27 bits per heavy atom. The number of halogens is 2. The van der Waals surface area contributed by atoms with E-state index in [0.717, 1.165) is 10.8 Å². The Balaban J connectivity index is 2.76. The molecule has 3 heteroatoms. The Morgan fingerprint density at radius 3 is 2.67 bits per heavy atom. The second-order valence-corrected chi connectivity index (χ2v) is 4.23. The normalized spacial score (nSPS) is 10.6. The zero-order chi connectivity index (χ0) is 11.0. The van der Waals surface area contributed by atoms with Gasteiger partial charge in [0.1, 0.15) is 5.82 Å². The van der Waals surface area contributed by atoms with Crippen molar-refractivity contribution in [2.75, 3.05) is 0 Å². The summed E-state index contributed by atoms with van der Waals surface area (Å²) in [6.07, 6.45) is 0. The van der Waals surface area contributed by atoms with Gasteiger partial charge in [-0.3, -0.25) is 4.79 Å². The monoisotopic (exact) mass is 266 g/mol. The molecule has 15 heavy (non-hydrogen) atoms. The molecule has 2 aromatic carbocycles. The Bertz CT molecular complexity index is 549. The van der Waals surface area contributed by atoms with Crippen LogP contribution in [-0.4, -0.2) is 5.78 Å². The van der Waals surface area contributed by atoms with Gasteiger partial charge in [-0.15, -0.1) is 0 Å². The summed E-state index contributed by atoms with van der Waals surface area (Å²) in [5.41, 5.74) is 0.597. The molecule has 0 spiro atoms. The fraction of sp³-hybridized carbons (Fsp3) is 0.0833. The summed E-state index contributed by atoms with van der Waals surface area (Å²) in [6.45, 7) is 1.50. The van der Waals surface area contributed by atoms with Crippen LogP contribution in [0.25, 0.3) is 10.8 Å². The van der Waals surface area contributed by atoms with Crippen molar-refractivity contribution in [1.29, 1.82) is 0 Å². The Hall–Kier alpha value is -1.22. The average Bonchev–Trinajstić information content (AvgIpc) is 2.16. The van der Waals surface area contributed by atoms with E-state index in [0.29, 0.717) is 10.0 Å². The molecular formula is C12H8BrFO. The molecule has 1 nitrogen and oxygen atoms in total. The maximum absolute atomic E-state index is 13.1. The lowest BCUT2D eigenvalue weighted by atomic mass is 10.1. The molecule has 0 aliphatic rings. The first-order valence-corrected chi connectivity index (χ1v) is 5.27. The van der Waals surface area contributed by atoms with Crippen LogP contribution < -0.4 is 0 Å². The van der Waals surface area contributed by atoms with Crippen molar-refractivity contribution in [3.05, 3.63) is 46.2 Å². The minimum atomic E-state index is -0.310. The fourth-order valence-corrected chi connectivity index (χ4v) is 2.09. The Labute approximate surface area is 95.0 Å². The van der Waals surface area contributed by atoms with Crippen LogP contribution in [0.2, 0.25) is 0 Å². The largest absolute Gasteiger partial charge is 0.295 e. The standard InChI is InChI=1S/C12H8BrFO/c1-7(15)8-2-3-11-9(4-8)5-10(14)6-12(11)13/h2-6H,1H3. The maximum atomic E-state index is 13.1. The minimum Gasteiger partial charge on any atom is -0.295 e. The van der Waals surface area contributed by atoms with Crippen LogP contribution in [0.5, 0.6) is 0 Å². The molecule has 0 atom stereocenters. The minimum absolute atomic E-state index is 0.0164. The van der Waals surface area contributed by atoms with E-state index in [1.807, 2.05) is 6.07 Å². The summed E-state index contributed by atoms with van der Waals surface area (Å²) in [5, 5.41) is 1.64. The second kappa shape index (κ2) is 3.74. The van der Waals surface area contributed by atoms with Crippen LogP contribution in [0.4, 0.5) is 4.39 Å². The van der Waals surface area contributed by atoms with Gasteiger partial charge in [0.25, 0.3) is 0 Å². The van der Waals surface area contributed by atoms with E-state index in [4.69, 9.17) is 0 Å². The van der Waals surface area contributed by atoms with Gasteiger partial charge >= 0.3 is 0 Å². The van der Waals surface area contributed by atoms with E-state index < -0.39 is 0 Å². The molecule has 2 aromatic rings. The zero-order valence-corrected chi connectivity index (χ0v) is 9.64. The number of carbonyl (C=O) groups excluding carboxylic acids is 1. The van der Waals surface area contributed by atoms with Crippen LogP contribution in [0.3, 0.4) is 0 Å². The van der Waals surface area contributed by atoms with E-state index in [-0.39, 0.29) is 11.6 Å². The number of carbonyl (C=O) groups is 1. The van der Waals surface area contributed by atoms with Crippen LogP contribution in [0.15, 0.2) is 34.8 Å². The number of Topliss-reactive ketones (excluding diaryl/α,β-unsaturated/α-hetero) is 1. The second-order valence-electron chi connectivity index (χ2n) is 3.38. The fourth-order valence-electron chi connectivity index (χ4n) is 1.51. The SMILES string of the molecule is CC(=O)c1ccc2c(Br)cc(F)cc2c1. The Kier molecular flexibility index (Phi) is 2.57. The van der Waals surface area contributed by atoms with Gasteiger partial charge in [-0.1, -0.05) is 28.1 Å². The van der Waals surface area contributed by atoms with Crippen molar-refractivity contribution in [2.45, 2.75) is 6.92 Å². The van der Waals surface area contributed by atoms with Gasteiger partial charge < -0.3 is 0 Å². The molecule has 0 N–H and O–H groups in total. The van der Waals surface area contributed by atoms with Crippen molar-refractivity contribution in [2.24, 2.45) is 0 Å². The predicted octanol–water partition coefficient (Wildman–Crippen LogP) is 3.94. The van der Waals surface area contributed by atoms with Gasteiger partial charge in [0.2, 0.25) is 0 Å². The smallest absolute Gasteiger partial charge is 0.159 e. The molecule has 0 saturated heterocycles. The molecule has 0 aliphatic heterocycles. The molecule has 76 valence electrons. The first-order chi connectivity index (χ1) is 7.08. The first-order valence-electron chi connectivity index (χ1n) is 4.47. The van der Waals surface area contributed by atoms with Crippen LogP contribution in [-0.2, 0) is 0 Å². The van der Waals surface area contributed by atoms with E-state index >= 15 is 0 Å². The summed E-state index contributed by atoms with van der Waals surface area (Å²) in [4.78, 5) is 11.2. The third-order valence-electron chi connectivity index (χ3n) is 2.27. The first kappa shape index (κ1) is 10.3. The van der Waals surface area contributed by atoms with Crippen molar-refractivity contribution in [1.82, 2.24) is 0 Å². The lowest BCUT2D eigenvalue weighted by Crippen LogP contribution is -1.91. The highest BCUT2D eigenvalue weighted by atomic mass is 79.9. The van der Waals surface area contributed by atoms with Gasteiger partial charge in [0.05, 0.1) is 0 Å². The molecule has 0 amide bonds. The van der Waals surface area contributed by atoms with E-state index in [1.54, 1.807) is 12.1 Å². The molecular weight excluding hydrogens is 259 g/mol. The van der Waals surface area contributed by atoms with Crippen molar-refractivity contribution in [3.63, 3.8) is 0 Å². The molecule has 0 bridgehead atoms. The lowest BCUT2D eigenvalue weighted by Gasteiger charge is -2.03. The van der Waals surface area contributed by atoms with Crippen LogP contribution >= 0.6 is 15.9 Å². The molecule has 0 radical (unpaired) electrons. The molecule has 0 fully saturated rings. The van der Waals surface area contributed by atoms with E-state index in [9.17, 15) is 9.18 Å². The lowest BCUT2D eigenvalue weighted by molar-refractivity contribution is 0.101.